The minimum atomic E-state index is -1.40. The van der Waals surface area contributed by atoms with Gasteiger partial charge in [-0.2, -0.15) is 0 Å². The highest BCUT2D eigenvalue weighted by Gasteiger charge is 2.53. The second-order valence-corrected chi connectivity index (χ2v) is 6.78. The van der Waals surface area contributed by atoms with Crippen molar-refractivity contribution >= 4 is 12.1 Å². The van der Waals surface area contributed by atoms with Crippen molar-refractivity contribution in [3.63, 3.8) is 0 Å². The third-order valence-electron chi connectivity index (χ3n) is 4.96. The van der Waals surface area contributed by atoms with Gasteiger partial charge in [0.15, 0.2) is 5.54 Å². The summed E-state index contributed by atoms with van der Waals surface area (Å²) < 4.78 is 7.02. The summed E-state index contributed by atoms with van der Waals surface area (Å²) in [6.45, 7) is 3.97. The number of alkyl carbamates (subject to hydrolysis) is 1. The topological polar surface area (TPSA) is 93.5 Å². The summed E-state index contributed by atoms with van der Waals surface area (Å²) in [5.41, 5.74) is 1.17. The molecule has 7 nitrogen and oxygen atoms in total. The molecule has 1 atom stereocenters. The number of nitrogens with one attached hydrogen (secondary N) is 1. The number of nitrogens with zero attached hydrogens (tertiary/aromatic N) is 2. The lowest BCUT2D eigenvalue weighted by molar-refractivity contribution is -0.146. The van der Waals surface area contributed by atoms with Crippen molar-refractivity contribution in [2.24, 2.45) is 5.92 Å². The summed E-state index contributed by atoms with van der Waals surface area (Å²) in [7, 11) is 0. The molecule has 1 fully saturated rings. The molecule has 1 aliphatic carbocycles. The number of imidazole rings is 1. The lowest BCUT2D eigenvalue weighted by atomic mass is 9.93. The molecule has 0 radical (unpaired) electrons. The van der Waals surface area contributed by atoms with Gasteiger partial charge in [-0.25, -0.2) is 14.6 Å². The first kappa shape index (κ1) is 18.0. The van der Waals surface area contributed by atoms with Gasteiger partial charge in [0.25, 0.3) is 0 Å². The van der Waals surface area contributed by atoms with Gasteiger partial charge >= 0.3 is 12.1 Å². The van der Waals surface area contributed by atoms with Crippen molar-refractivity contribution in [2.75, 3.05) is 0 Å². The maximum Gasteiger partial charge on any atom is 0.408 e. The number of aryl methyl sites for hydroxylation is 1. The lowest BCUT2D eigenvalue weighted by Gasteiger charge is -2.31. The fourth-order valence-electron chi connectivity index (χ4n) is 3.06. The molecule has 0 aliphatic heterocycles. The van der Waals surface area contributed by atoms with E-state index in [-0.39, 0.29) is 19.1 Å². The Morgan fingerprint density at radius 3 is 2.54 bits per heavy atom. The quantitative estimate of drug-likeness (QED) is 0.795. The molecule has 1 aromatic heterocycles. The van der Waals surface area contributed by atoms with E-state index in [1.165, 1.54) is 0 Å². The average Bonchev–Trinajstić information content (AvgIpc) is 3.43. The van der Waals surface area contributed by atoms with Crippen LogP contribution in [0.5, 0.6) is 0 Å². The number of carboxylic acids is 1. The van der Waals surface area contributed by atoms with Crippen molar-refractivity contribution in [3.8, 4) is 0 Å². The van der Waals surface area contributed by atoms with Crippen molar-refractivity contribution in [3.05, 3.63) is 53.6 Å². The smallest absolute Gasteiger partial charge is 0.408 e. The van der Waals surface area contributed by atoms with Gasteiger partial charge in [-0.05, 0) is 38.2 Å². The van der Waals surface area contributed by atoms with E-state index in [9.17, 15) is 14.7 Å². The van der Waals surface area contributed by atoms with Gasteiger partial charge in [0.1, 0.15) is 6.61 Å². The van der Waals surface area contributed by atoms with E-state index in [0.717, 1.165) is 29.8 Å². The summed E-state index contributed by atoms with van der Waals surface area (Å²) in [6, 6.07) is 9.27. The van der Waals surface area contributed by atoms with Crippen LogP contribution in [0.4, 0.5) is 4.79 Å². The van der Waals surface area contributed by atoms with Gasteiger partial charge in [0.2, 0.25) is 0 Å². The predicted molar refractivity (Wildman–Crippen MR) is 94.6 cm³/mol. The summed E-state index contributed by atoms with van der Waals surface area (Å²) in [5, 5.41) is 12.6. The number of ether oxygens (including phenoxy) is 1. The third kappa shape index (κ3) is 3.71. The molecule has 2 aromatic rings. The molecule has 2 N–H and O–H groups in total. The number of aliphatic carboxylic acids is 1. The Hall–Kier alpha value is -2.83. The van der Waals surface area contributed by atoms with Crippen molar-refractivity contribution < 1.29 is 19.4 Å². The first-order chi connectivity index (χ1) is 12.4. The van der Waals surface area contributed by atoms with E-state index in [0.29, 0.717) is 0 Å². The zero-order valence-electron chi connectivity index (χ0n) is 14.9. The molecule has 1 saturated carbocycles. The minimum absolute atomic E-state index is 0.0935. The van der Waals surface area contributed by atoms with E-state index < -0.39 is 17.6 Å². The number of benzene rings is 1. The summed E-state index contributed by atoms with van der Waals surface area (Å²) in [5.74, 6) is -1.17. The second kappa shape index (κ2) is 7.19. The average molecular weight is 357 g/mol. The Kier molecular flexibility index (Phi) is 4.97. The Labute approximate surface area is 152 Å². The van der Waals surface area contributed by atoms with Crippen LogP contribution in [0.15, 0.2) is 36.7 Å². The van der Waals surface area contributed by atoms with Gasteiger partial charge in [-0.1, -0.05) is 30.3 Å². The van der Waals surface area contributed by atoms with Gasteiger partial charge < -0.3 is 19.7 Å². The van der Waals surface area contributed by atoms with E-state index in [4.69, 9.17) is 4.74 Å². The molecule has 1 aromatic carbocycles. The Morgan fingerprint density at radius 1 is 1.31 bits per heavy atom. The maximum atomic E-state index is 12.3. The molecule has 7 heteroatoms. The fourth-order valence-corrected chi connectivity index (χ4v) is 3.06. The van der Waals surface area contributed by atoms with Crippen LogP contribution in [0.1, 0.15) is 29.8 Å². The minimum Gasteiger partial charge on any atom is -0.479 e. The molecule has 1 heterocycles. The van der Waals surface area contributed by atoms with E-state index in [1.807, 2.05) is 44.2 Å². The van der Waals surface area contributed by atoms with E-state index in [1.54, 1.807) is 10.9 Å². The molecule has 1 amide bonds. The molecule has 138 valence electrons. The van der Waals surface area contributed by atoms with E-state index >= 15 is 0 Å². The van der Waals surface area contributed by atoms with Crippen LogP contribution in [-0.2, 0) is 22.7 Å². The number of carbonyl (C=O) groups excluding carboxylic acids is 1. The highest BCUT2D eigenvalue weighted by Crippen LogP contribution is 2.41. The van der Waals surface area contributed by atoms with Gasteiger partial charge in [-0.15, -0.1) is 0 Å². The standard InChI is InChI=1S/C19H23N3O4/c1-13-14(2)22(12-20-13)11-19(17(23)24,16-8-9-16)21-18(25)26-10-15-6-4-3-5-7-15/h3-7,12,16H,8-11H2,1-2H3,(H,21,25)(H,23,24). The normalized spacial score (nSPS) is 15.9. The SMILES string of the molecule is Cc1ncn(CC(NC(=O)OCc2ccccc2)(C(=O)O)C2CC2)c1C. The van der Waals surface area contributed by atoms with Crippen molar-refractivity contribution in [1.82, 2.24) is 14.9 Å². The van der Waals surface area contributed by atoms with Crippen LogP contribution in [0.2, 0.25) is 0 Å². The Morgan fingerprint density at radius 2 is 2.00 bits per heavy atom. The zero-order chi connectivity index (χ0) is 18.7. The van der Waals surface area contributed by atoms with Crippen LogP contribution in [0, 0.1) is 19.8 Å². The zero-order valence-corrected chi connectivity index (χ0v) is 14.9. The number of hydrogen-bond acceptors (Lipinski definition) is 4. The maximum absolute atomic E-state index is 12.3. The molecule has 1 unspecified atom stereocenters. The van der Waals surface area contributed by atoms with Crippen LogP contribution in [0.25, 0.3) is 0 Å². The fraction of sp³-hybridized carbons (Fsp3) is 0.421. The van der Waals surface area contributed by atoms with Crippen LogP contribution < -0.4 is 5.32 Å². The molecular formula is C19H23N3O4. The number of aromatic nitrogens is 2. The molecule has 1 aliphatic rings. The monoisotopic (exact) mass is 357 g/mol. The molecular weight excluding hydrogens is 334 g/mol. The molecule has 0 spiro atoms. The first-order valence-electron chi connectivity index (χ1n) is 8.63. The molecule has 26 heavy (non-hydrogen) atoms. The highest BCUT2D eigenvalue weighted by atomic mass is 16.5. The largest absolute Gasteiger partial charge is 0.479 e. The van der Waals surface area contributed by atoms with Crippen LogP contribution >= 0.6 is 0 Å². The molecule has 0 bridgehead atoms. The third-order valence-corrected chi connectivity index (χ3v) is 4.96. The van der Waals surface area contributed by atoms with Crippen molar-refractivity contribution in [1.29, 1.82) is 0 Å². The molecule has 0 saturated heterocycles. The predicted octanol–water partition coefficient (Wildman–Crippen LogP) is 2.66. The molecule has 3 rings (SSSR count). The van der Waals surface area contributed by atoms with Gasteiger partial charge in [-0.3, -0.25) is 0 Å². The number of carboxylic acid groups (broad SMARTS) is 1. The number of rotatable bonds is 7. The van der Waals surface area contributed by atoms with E-state index in [2.05, 4.69) is 10.3 Å². The van der Waals surface area contributed by atoms with Crippen LogP contribution in [-0.4, -0.2) is 32.3 Å². The summed E-state index contributed by atoms with van der Waals surface area (Å²) in [4.78, 5) is 28.7. The van der Waals surface area contributed by atoms with Gasteiger partial charge in [0, 0.05) is 5.69 Å². The van der Waals surface area contributed by atoms with Crippen molar-refractivity contribution in [2.45, 2.75) is 45.4 Å². The Bertz CT molecular complexity index is 798. The summed E-state index contributed by atoms with van der Waals surface area (Å²) in [6.07, 6.45) is 2.41. The highest BCUT2D eigenvalue weighted by molar-refractivity contribution is 5.85. The van der Waals surface area contributed by atoms with Crippen LogP contribution in [0.3, 0.4) is 0 Å². The number of amides is 1. The lowest BCUT2D eigenvalue weighted by Crippen LogP contribution is -2.59. The summed E-state index contributed by atoms with van der Waals surface area (Å²) >= 11 is 0. The van der Waals surface area contributed by atoms with Gasteiger partial charge in [0.05, 0.1) is 18.6 Å². The first-order valence-corrected chi connectivity index (χ1v) is 8.63. The second-order valence-electron chi connectivity index (χ2n) is 6.78. The number of hydrogen-bond donors (Lipinski definition) is 2. The number of carbonyl (C=O) groups is 2. The Balaban J connectivity index is 1.74.